The number of hydrogen-bond acceptors (Lipinski definition) is 2. The summed E-state index contributed by atoms with van der Waals surface area (Å²) in [4.78, 5) is 26.2. The second kappa shape index (κ2) is 5.39. The number of aromatic nitrogens is 2. The molecule has 21 heavy (non-hydrogen) atoms. The number of imidazole rings is 1. The third kappa shape index (κ3) is 2.48. The molecule has 0 radical (unpaired) electrons. The van der Waals surface area contributed by atoms with E-state index in [4.69, 9.17) is 5.11 Å². The summed E-state index contributed by atoms with van der Waals surface area (Å²) in [6.07, 6.45) is 5.73. The largest absolute Gasteiger partial charge is 0.478 e. The molecule has 1 heterocycles. The van der Waals surface area contributed by atoms with Crippen molar-refractivity contribution in [3.8, 4) is 0 Å². The van der Waals surface area contributed by atoms with Gasteiger partial charge in [-0.15, -0.1) is 0 Å². The predicted octanol–water partition coefficient (Wildman–Crippen LogP) is 3.17. The van der Waals surface area contributed by atoms with Crippen molar-refractivity contribution in [2.24, 2.45) is 5.92 Å². The summed E-state index contributed by atoms with van der Waals surface area (Å²) in [6, 6.07) is 5.05. The lowest BCUT2D eigenvalue weighted by Crippen LogP contribution is -2.26. The molecule has 112 valence electrons. The molecule has 1 saturated carbocycles. The molecule has 0 amide bonds. The fourth-order valence-corrected chi connectivity index (χ4v) is 3.45. The summed E-state index contributed by atoms with van der Waals surface area (Å²) in [7, 11) is 0. The summed E-state index contributed by atoms with van der Waals surface area (Å²) in [5, 5.41) is 9.05. The predicted molar refractivity (Wildman–Crippen MR) is 80.8 cm³/mol. The van der Waals surface area contributed by atoms with Crippen LogP contribution in [-0.4, -0.2) is 20.6 Å². The Labute approximate surface area is 122 Å². The van der Waals surface area contributed by atoms with Gasteiger partial charge in [0, 0.05) is 6.04 Å². The van der Waals surface area contributed by atoms with E-state index in [0.29, 0.717) is 11.4 Å². The van der Waals surface area contributed by atoms with Crippen molar-refractivity contribution in [2.45, 2.75) is 45.1 Å². The molecule has 0 spiro atoms. The van der Waals surface area contributed by atoms with E-state index in [1.807, 2.05) is 4.57 Å². The highest BCUT2D eigenvalue weighted by Gasteiger charge is 2.25. The van der Waals surface area contributed by atoms with Crippen molar-refractivity contribution in [3.05, 3.63) is 34.2 Å². The summed E-state index contributed by atoms with van der Waals surface area (Å²) < 4.78 is 1.83. The maximum atomic E-state index is 12.3. The van der Waals surface area contributed by atoms with Crippen molar-refractivity contribution in [1.82, 2.24) is 9.55 Å². The van der Waals surface area contributed by atoms with E-state index in [0.717, 1.165) is 24.8 Å². The van der Waals surface area contributed by atoms with E-state index in [9.17, 15) is 9.59 Å². The summed E-state index contributed by atoms with van der Waals surface area (Å²) in [5.74, 6) is -0.517. The van der Waals surface area contributed by atoms with Gasteiger partial charge in [-0.05, 0) is 37.0 Å². The standard InChI is InChI=1S/C16H20N2O3/c1-10-5-3-2-4-6-13(10)18-14-8-7-11(15(19)20)9-12(14)17-16(18)21/h7-10,13H,2-6H2,1H3,(H,17,21)(H,19,20). The Kier molecular flexibility index (Phi) is 3.57. The molecule has 2 atom stereocenters. The summed E-state index contributed by atoms with van der Waals surface area (Å²) >= 11 is 0. The molecule has 2 N–H and O–H groups in total. The van der Waals surface area contributed by atoms with Crippen LogP contribution in [0, 0.1) is 5.92 Å². The van der Waals surface area contributed by atoms with Crippen LogP contribution in [-0.2, 0) is 0 Å². The van der Waals surface area contributed by atoms with Crippen molar-refractivity contribution in [1.29, 1.82) is 0 Å². The Morgan fingerprint density at radius 1 is 1.29 bits per heavy atom. The number of carboxylic acids is 1. The van der Waals surface area contributed by atoms with Crippen LogP contribution in [0.15, 0.2) is 23.0 Å². The van der Waals surface area contributed by atoms with E-state index >= 15 is 0 Å². The first-order valence-corrected chi connectivity index (χ1v) is 7.55. The number of carbonyl (C=O) groups is 1. The summed E-state index contributed by atoms with van der Waals surface area (Å²) in [6.45, 7) is 2.20. The zero-order valence-electron chi connectivity index (χ0n) is 12.1. The molecule has 1 aliphatic rings. The van der Waals surface area contributed by atoms with Crippen molar-refractivity contribution >= 4 is 17.0 Å². The van der Waals surface area contributed by atoms with E-state index < -0.39 is 5.97 Å². The van der Waals surface area contributed by atoms with Gasteiger partial charge < -0.3 is 10.1 Å². The quantitative estimate of drug-likeness (QED) is 0.833. The van der Waals surface area contributed by atoms with Gasteiger partial charge in [-0.25, -0.2) is 9.59 Å². The van der Waals surface area contributed by atoms with Crippen LogP contribution < -0.4 is 5.69 Å². The molecular formula is C16H20N2O3. The Hall–Kier alpha value is -2.04. The van der Waals surface area contributed by atoms with Gasteiger partial charge in [0.05, 0.1) is 16.6 Å². The van der Waals surface area contributed by atoms with Crippen LogP contribution >= 0.6 is 0 Å². The molecule has 2 aromatic rings. The first-order valence-electron chi connectivity index (χ1n) is 7.55. The van der Waals surface area contributed by atoms with Crippen LogP contribution in [0.25, 0.3) is 11.0 Å². The Bertz CT molecular complexity index is 729. The summed E-state index contributed by atoms with van der Waals surface area (Å²) in [5.41, 5.74) is 1.48. The maximum absolute atomic E-state index is 12.3. The fraction of sp³-hybridized carbons (Fsp3) is 0.500. The number of H-pyrrole nitrogens is 1. The number of rotatable bonds is 2. The monoisotopic (exact) mass is 288 g/mol. The van der Waals surface area contributed by atoms with Gasteiger partial charge in [-0.3, -0.25) is 4.57 Å². The van der Waals surface area contributed by atoms with Gasteiger partial charge in [0.25, 0.3) is 0 Å². The highest BCUT2D eigenvalue weighted by molar-refractivity contribution is 5.92. The van der Waals surface area contributed by atoms with Crippen molar-refractivity contribution in [3.63, 3.8) is 0 Å². The number of nitrogens with one attached hydrogen (secondary N) is 1. The zero-order chi connectivity index (χ0) is 15.0. The minimum Gasteiger partial charge on any atom is -0.478 e. The molecule has 0 bridgehead atoms. The number of hydrogen-bond donors (Lipinski definition) is 2. The highest BCUT2D eigenvalue weighted by atomic mass is 16.4. The molecule has 5 nitrogen and oxygen atoms in total. The Balaban J connectivity index is 2.11. The Morgan fingerprint density at radius 2 is 2.05 bits per heavy atom. The molecule has 0 saturated heterocycles. The fourth-order valence-electron chi connectivity index (χ4n) is 3.45. The molecule has 1 aromatic heterocycles. The minimum absolute atomic E-state index is 0.133. The van der Waals surface area contributed by atoms with E-state index in [1.165, 1.54) is 18.9 Å². The van der Waals surface area contributed by atoms with Crippen LogP contribution in [0.5, 0.6) is 0 Å². The maximum Gasteiger partial charge on any atom is 0.335 e. The van der Waals surface area contributed by atoms with Crippen LogP contribution in [0.1, 0.15) is 55.4 Å². The lowest BCUT2D eigenvalue weighted by molar-refractivity contribution is 0.0697. The SMILES string of the molecule is CC1CCCCCC1n1c(=O)[nH]c2cc(C(=O)O)ccc21. The lowest BCUT2D eigenvalue weighted by atomic mass is 9.96. The van der Waals surface area contributed by atoms with Gasteiger partial charge >= 0.3 is 11.7 Å². The molecule has 5 heteroatoms. The average molecular weight is 288 g/mol. The van der Waals surface area contributed by atoms with Crippen LogP contribution in [0.2, 0.25) is 0 Å². The number of aromatic carboxylic acids is 1. The first kappa shape index (κ1) is 13.9. The molecule has 1 fully saturated rings. The topological polar surface area (TPSA) is 75.1 Å². The van der Waals surface area contributed by atoms with Crippen molar-refractivity contribution in [2.75, 3.05) is 0 Å². The average Bonchev–Trinajstić information content (AvgIpc) is 2.62. The van der Waals surface area contributed by atoms with Gasteiger partial charge in [-0.2, -0.15) is 0 Å². The van der Waals surface area contributed by atoms with Gasteiger partial charge in [0.15, 0.2) is 0 Å². The second-order valence-corrected chi connectivity index (χ2v) is 6.02. The van der Waals surface area contributed by atoms with E-state index in [1.54, 1.807) is 12.1 Å². The van der Waals surface area contributed by atoms with Gasteiger partial charge in [0.2, 0.25) is 0 Å². The van der Waals surface area contributed by atoms with Gasteiger partial charge in [-0.1, -0.05) is 26.2 Å². The van der Waals surface area contributed by atoms with Crippen LogP contribution in [0.4, 0.5) is 0 Å². The number of aromatic amines is 1. The zero-order valence-corrected chi connectivity index (χ0v) is 12.1. The number of fused-ring (bicyclic) bond motifs is 1. The van der Waals surface area contributed by atoms with E-state index in [-0.39, 0.29) is 17.3 Å². The normalized spacial score (nSPS) is 23.1. The second-order valence-electron chi connectivity index (χ2n) is 6.02. The molecule has 1 aliphatic carbocycles. The number of carboxylic acid groups (broad SMARTS) is 1. The highest BCUT2D eigenvalue weighted by Crippen LogP contribution is 2.33. The third-order valence-corrected chi connectivity index (χ3v) is 4.61. The molecule has 1 aromatic carbocycles. The first-order chi connectivity index (χ1) is 10.1. The Morgan fingerprint density at radius 3 is 2.81 bits per heavy atom. The third-order valence-electron chi connectivity index (χ3n) is 4.61. The minimum atomic E-state index is -0.978. The number of benzene rings is 1. The van der Waals surface area contributed by atoms with Crippen LogP contribution in [0.3, 0.4) is 0 Å². The lowest BCUT2D eigenvalue weighted by Gasteiger charge is -2.23. The van der Waals surface area contributed by atoms with Gasteiger partial charge in [0.1, 0.15) is 0 Å². The number of nitrogens with zero attached hydrogens (tertiary/aromatic N) is 1. The molecular weight excluding hydrogens is 268 g/mol. The molecule has 2 unspecified atom stereocenters. The molecule has 0 aliphatic heterocycles. The van der Waals surface area contributed by atoms with E-state index in [2.05, 4.69) is 11.9 Å². The molecule has 3 rings (SSSR count). The van der Waals surface area contributed by atoms with Crippen molar-refractivity contribution < 1.29 is 9.90 Å². The smallest absolute Gasteiger partial charge is 0.335 e.